The predicted molar refractivity (Wildman–Crippen MR) is 53.0 cm³/mol. The molecule has 84 valence electrons. The van der Waals surface area contributed by atoms with Crippen LogP contribution in [0.5, 0.6) is 0 Å². The fourth-order valence-electron chi connectivity index (χ4n) is 2.08. The maximum atomic E-state index is 11.6. The van der Waals surface area contributed by atoms with Crippen LogP contribution >= 0.6 is 0 Å². The molecule has 2 aliphatic rings. The Morgan fingerprint density at radius 3 is 2.53 bits per heavy atom. The summed E-state index contributed by atoms with van der Waals surface area (Å²) in [6.45, 7) is 0.928. The molecule has 1 heterocycles. The topological polar surface area (TPSA) is 58.6 Å². The van der Waals surface area contributed by atoms with E-state index in [-0.39, 0.29) is 29.7 Å². The Morgan fingerprint density at radius 2 is 2.07 bits per heavy atom. The van der Waals surface area contributed by atoms with Crippen molar-refractivity contribution in [3.63, 3.8) is 0 Å². The van der Waals surface area contributed by atoms with Crippen molar-refractivity contribution in [2.24, 2.45) is 11.8 Å². The van der Waals surface area contributed by atoms with Gasteiger partial charge in [0.1, 0.15) is 0 Å². The second-order valence-electron chi connectivity index (χ2n) is 4.18. The number of piperidine rings is 1. The quantitative estimate of drug-likeness (QED) is 0.608. The van der Waals surface area contributed by atoms with Crippen LogP contribution in [0.25, 0.3) is 0 Å². The van der Waals surface area contributed by atoms with Gasteiger partial charge in [-0.15, -0.1) is 0 Å². The summed E-state index contributed by atoms with van der Waals surface area (Å²) in [5.74, 6) is -0.00203. The monoisotopic (exact) mass is 212 g/mol. The number of methoxy groups -OCH3 is 1. The second kappa shape index (κ2) is 3.90. The molecule has 1 aliphatic heterocycles. The van der Waals surface area contributed by atoms with Crippen molar-refractivity contribution in [3.8, 4) is 0 Å². The maximum Gasteiger partial charge on any atom is 0.233 e. The summed E-state index contributed by atoms with van der Waals surface area (Å²) in [6, 6.07) is 0.0281. The van der Waals surface area contributed by atoms with Gasteiger partial charge in [-0.1, -0.05) is 0 Å². The van der Waals surface area contributed by atoms with Crippen LogP contribution < -0.4 is 5.32 Å². The highest BCUT2D eigenvalue weighted by molar-refractivity contribution is 6.08. The average molecular weight is 212 g/mol. The molecule has 5 nitrogen and oxygen atoms in total. The Balaban J connectivity index is 1.93. The number of hydrogen-bond donors (Lipinski definition) is 1. The molecule has 1 saturated heterocycles. The lowest BCUT2D eigenvalue weighted by Gasteiger charge is -2.22. The zero-order valence-electron chi connectivity index (χ0n) is 9.03. The molecule has 0 radical (unpaired) electrons. The van der Waals surface area contributed by atoms with Crippen LogP contribution in [0.2, 0.25) is 0 Å². The highest BCUT2D eigenvalue weighted by Gasteiger charge is 2.58. The largest absolute Gasteiger partial charge is 0.383 e. The standard InChI is InChI=1S/C10H16N2O3/c1-11-6(5-15-2)4-12-9(13)7-3-8(7)10(12)14/h6-8,11H,3-5H2,1-2H3. The van der Waals surface area contributed by atoms with E-state index in [0.29, 0.717) is 13.2 Å². The minimum atomic E-state index is -0.00227. The van der Waals surface area contributed by atoms with Crippen LogP contribution in [0.1, 0.15) is 6.42 Å². The Hall–Kier alpha value is -0.940. The summed E-state index contributed by atoms with van der Waals surface area (Å²) in [6.07, 6.45) is 0.767. The summed E-state index contributed by atoms with van der Waals surface area (Å²) < 4.78 is 5.00. The Morgan fingerprint density at radius 1 is 1.47 bits per heavy atom. The molecule has 2 rings (SSSR count). The highest BCUT2D eigenvalue weighted by Crippen LogP contribution is 2.46. The fraction of sp³-hybridized carbons (Fsp3) is 0.800. The van der Waals surface area contributed by atoms with Crippen molar-refractivity contribution in [2.45, 2.75) is 12.5 Å². The van der Waals surface area contributed by atoms with E-state index in [0.717, 1.165) is 6.42 Å². The molecule has 0 aromatic carbocycles. The number of carbonyl (C=O) groups is 2. The molecule has 3 atom stereocenters. The van der Waals surface area contributed by atoms with Gasteiger partial charge in [-0.3, -0.25) is 14.5 Å². The van der Waals surface area contributed by atoms with Gasteiger partial charge in [-0.2, -0.15) is 0 Å². The number of rotatable bonds is 5. The van der Waals surface area contributed by atoms with Crippen molar-refractivity contribution in [1.82, 2.24) is 10.2 Å². The van der Waals surface area contributed by atoms with Gasteiger partial charge >= 0.3 is 0 Å². The van der Waals surface area contributed by atoms with Gasteiger partial charge in [0.05, 0.1) is 18.4 Å². The molecule has 2 amide bonds. The minimum absolute atomic E-state index is 0.00125. The summed E-state index contributed by atoms with van der Waals surface area (Å²) in [5, 5.41) is 3.03. The Kier molecular flexibility index (Phi) is 2.75. The number of likely N-dealkylation sites (N-methyl/N-ethyl adjacent to an activating group) is 1. The van der Waals surface area contributed by atoms with Crippen molar-refractivity contribution in [2.75, 3.05) is 27.3 Å². The molecule has 1 aliphatic carbocycles. The van der Waals surface area contributed by atoms with E-state index in [1.807, 2.05) is 0 Å². The van der Waals surface area contributed by atoms with Gasteiger partial charge in [-0.25, -0.2) is 0 Å². The molecule has 1 N–H and O–H groups in total. The molecule has 1 saturated carbocycles. The maximum absolute atomic E-state index is 11.6. The number of imide groups is 1. The lowest BCUT2D eigenvalue weighted by molar-refractivity contribution is -0.141. The first-order valence-electron chi connectivity index (χ1n) is 5.20. The van der Waals surface area contributed by atoms with Gasteiger partial charge in [0, 0.05) is 19.7 Å². The summed E-state index contributed by atoms with van der Waals surface area (Å²) in [7, 11) is 3.41. The predicted octanol–water partition coefficient (Wildman–Crippen LogP) is -0.774. The first-order chi connectivity index (χ1) is 7.19. The number of likely N-dealkylation sites (tertiary alicyclic amines) is 1. The number of amides is 2. The van der Waals surface area contributed by atoms with Gasteiger partial charge in [0.15, 0.2) is 0 Å². The van der Waals surface area contributed by atoms with Crippen molar-refractivity contribution < 1.29 is 14.3 Å². The fourth-order valence-corrected chi connectivity index (χ4v) is 2.08. The highest BCUT2D eigenvalue weighted by atomic mass is 16.5. The first-order valence-corrected chi connectivity index (χ1v) is 5.20. The van der Waals surface area contributed by atoms with E-state index >= 15 is 0 Å². The summed E-state index contributed by atoms with van der Waals surface area (Å²) in [5.41, 5.74) is 0. The number of nitrogens with one attached hydrogen (secondary N) is 1. The van der Waals surface area contributed by atoms with Crippen LogP contribution in [-0.4, -0.2) is 50.1 Å². The zero-order valence-corrected chi connectivity index (χ0v) is 9.03. The number of hydrogen-bond acceptors (Lipinski definition) is 4. The SMILES string of the molecule is CNC(COC)CN1C(=O)C2CC2C1=O. The molecule has 0 aromatic heterocycles. The normalized spacial score (nSPS) is 30.7. The van der Waals surface area contributed by atoms with E-state index < -0.39 is 0 Å². The third-order valence-electron chi connectivity index (χ3n) is 3.14. The molecule has 2 fully saturated rings. The van der Waals surface area contributed by atoms with E-state index in [4.69, 9.17) is 4.74 Å². The van der Waals surface area contributed by atoms with E-state index in [2.05, 4.69) is 5.32 Å². The number of carbonyl (C=O) groups excluding carboxylic acids is 2. The lowest BCUT2D eigenvalue weighted by atomic mass is 10.2. The van der Waals surface area contributed by atoms with Crippen LogP contribution in [-0.2, 0) is 14.3 Å². The summed E-state index contributed by atoms with van der Waals surface area (Å²) in [4.78, 5) is 24.7. The summed E-state index contributed by atoms with van der Waals surface area (Å²) >= 11 is 0. The van der Waals surface area contributed by atoms with E-state index in [9.17, 15) is 9.59 Å². The number of ether oxygens (including phenoxy) is 1. The minimum Gasteiger partial charge on any atom is -0.383 e. The van der Waals surface area contributed by atoms with Crippen LogP contribution in [0, 0.1) is 11.8 Å². The molecular weight excluding hydrogens is 196 g/mol. The number of fused-ring (bicyclic) bond motifs is 1. The molecule has 3 unspecified atom stereocenters. The van der Waals surface area contributed by atoms with Gasteiger partial charge in [0.2, 0.25) is 11.8 Å². The van der Waals surface area contributed by atoms with Crippen molar-refractivity contribution in [3.05, 3.63) is 0 Å². The number of nitrogens with zero attached hydrogens (tertiary/aromatic N) is 1. The Labute approximate surface area is 88.8 Å². The first kappa shape index (κ1) is 10.6. The smallest absolute Gasteiger partial charge is 0.233 e. The van der Waals surface area contributed by atoms with Crippen LogP contribution in [0.4, 0.5) is 0 Å². The molecule has 15 heavy (non-hydrogen) atoms. The van der Waals surface area contributed by atoms with E-state index in [1.54, 1.807) is 14.2 Å². The van der Waals surface area contributed by atoms with E-state index in [1.165, 1.54) is 4.90 Å². The molecule has 0 spiro atoms. The van der Waals surface area contributed by atoms with Gasteiger partial charge < -0.3 is 10.1 Å². The average Bonchev–Trinajstić information content (AvgIpc) is 2.97. The molecule has 0 aromatic rings. The molecule has 0 bridgehead atoms. The lowest BCUT2D eigenvalue weighted by Crippen LogP contribution is -2.45. The van der Waals surface area contributed by atoms with Gasteiger partial charge in [0.25, 0.3) is 0 Å². The third-order valence-corrected chi connectivity index (χ3v) is 3.14. The van der Waals surface area contributed by atoms with Crippen molar-refractivity contribution >= 4 is 11.8 Å². The molecule has 5 heteroatoms. The third kappa shape index (κ3) is 1.77. The van der Waals surface area contributed by atoms with Crippen LogP contribution in [0.3, 0.4) is 0 Å². The second-order valence-corrected chi connectivity index (χ2v) is 4.18. The van der Waals surface area contributed by atoms with Gasteiger partial charge in [-0.05, 0) is 13.5 Å². The zero-order chi connectivity index (χ0) is 11.0. The molecular formula is C10H16N2O3. The van der Waals surface area contributed by atoms with Crippen LogP contribution in [0.15, 0.2) is 0 Å². The van der Waals surface area contributed by atoms with Crippen molar-refractivity contribution in [1.29, 1.82) is 0 Å². The Bertz CT molecular complexity index is 272.